The van der Waals surface area contributed by atoms with Gasteiger partial charge in [-0.2, -0.15) is 0 Å². The first-order valence-corrected chi connectivity index (χ1v) is 6.68. The van der Waals surface area contributed by atoms with Crippen molar-refractivity contribution in [3.63, 3.8) is 0 Å². The summed E-state index contributed by atoms with van der Waals surface area (Å²) in [5.74, 6) is 0.399. The van der Waals surface area contributed by atoms with E-state index >= 15 is 0 Å². The van der Waals surface area contributed by atoms with Crippen LogP contribution in [0.3, 0.4) is 0 Å². The van der Waals surface area contributed by atoms with Gasteiger partial charge >= 0.3 is 0 Å². The molecule has 0 spiro atoms. The van der Waals surface area contributed by atoms with Gasteiger partial charge in [0.2, 0.25) is 0 Å². The van der Waals surface area contributed by atoms with Crippen LogP contribution in [0.25, 0.3) is 0 Å². The average Bonchev–Trinajstić information content (AvgIpc) is 2.23. The van der Waals surface area contributed by atoms with Crippen LogP contribution in [0.5, 0.6) is 0 Å². The first-order valence-electron chi connectivity index (χ1n) is 5.89. The third kappa shape index (κ3) is 5.15. The number of nitrogens with zero attached hydrogens (tertiary/aromatic N) is 1. The Labute approximate surface area is 111 Å². The molecule has 2 nitrogen and oxygen atoms in total. The van der Waals surface area contributed by atoms with Crippen LogP contribution in [0.15, 0.2) is 22.7 Å². The van der Waals surface area contributed by atoms with Crippen molar-refractivity contribution >= 4 is 15.9 Å². The molecule has 0 aliphatic carbocycles. The van der Waals surface area contributed by atoms with Crippen molar-refractivity contribution in [1.29, 1.82) is 0 Å². The summed E-state index contributed by atoms with van der Waals surface area (Å²) in [6, 6.07) is 5.04. The van der Waals surface area contributed by atoms with Crippen molar-refractivity contribution in [2.45, 2.75) is 20.4 Å². The molecule has 1 aromatic rings. The molecule has 0 radical (unpaired) electrons. The lowest BCUT2D eigenvalue weighted by Gasteiger charge is -2.23. The van der Waals surface area contributed by atoms with E-state index in [1.54, 1.807) is 6.07 Å². The molecule has 1 aromatic carbocycles. The van der Waals surface area contributed by atoms with Crippen LogP contribution < -0.4 is 5.73 Å². The third-order valence-electron chi connectivity index (χ3n) is 2.47. The predicted molar refractivity (Wildman–Crippen MR) is 73.3 cm³/mol. The van der Waals surface area contributed by atoms with E-state index in [-0.39, 0.29) is 5.82 Å². The molecular weight excluding hydrogens is 283 g/mol. The van der Waals surface area contributed by atoms with Crippen molar-refractivity contribution in [2.75, 3.05) is 19.6 Å². The quantitative estimate of drug-likeness (QED) is 0.875. The molecule has 1 rings (SSSR count). The van der Waals surface area contributed by atoms with Crippen molar-refractivity contribution in [1.82, 2.24) is 4.90 Å². The third-order valence-corrected chi connectivity index (χ3v) is 2.96. The average molecular weight is 303 g/mol. The Hall–Kier alpha value is -0.450. The first kappa shape index (κ1) is 14.6. The summed E-state index contributed by atoms with van der Waals surface area (Å²) in [4.78, 5) is 2.19. The molecule has 17 heavy (non-hydrogen) atoms. The van der Waals surface area contributed by atoms with Gasteiger partial charge in [-0.15, -0.1) is 0 Å². The zero-order valence-corrected chi connectivity index (χ0v) is 12.0. The lowest BCUT2D eigenvalue weighted by molar-refractivity contribution is 0.239. The largest absolute Gasteiger partial charge is 0.329 e. The lowest BCUT2D eigenvalue weighted by Crippen LogP contribution is -2.32. The second-order valence-corrected chi connectivity index (χ2v) is 5.57. The summed E-state index contributed by atoms with van der Waals surface area (Å²) in [7, 11) is 0. The number of hydrogen-bond donors (Lipinski definition) is 1. The Balaban J connectivity index is 2.74. The topological polar surface area (TPSA) is 29.3 Å². The fourth-order valence-electron chi connectivity index (χ4n) is 1.84. The van der Waals surface area contributed by atoms with Crippen molar-refractivity contribution in [3.8, 4) is 0 Å². The summed E-state index contributed by atoms with van der Waals surface area (Å²) in [5.41, 5.74) is 6.30. The van der Waals surface area contributed by atoms with Crippen molar-refractivity contribution in [2.24, 2.45) is 11.7 Å². The van der Waals surface area contributed by atoms with Crippen LogP contribution in [-0.2, 0) is 6.54 Å². The number of benzene rings is 1. The van der Waals surface area contributed by atoms with Gasteiger partial charge in [-0.3, -0.25) is 4.90 Å². The maximum absolute atomic E-state index is 13.6. The number of halogens is 2. The van der Waals surface area contributed by atoms with E-state index in [0.29, 0.717) is 24.6 Å². The molecule has 0 unspecified atom stereocenters. The summed E-state index contributed by atoms with van der Waals surface area (Å²) < 4.78 is 14.5. The predicted octanol–water partition coefficient (Wildman–Crippen LogP) is 3.00. The Kier molecular flexibility index (Phi) is 6.09. The minimum atomic E-state index is -0.154. The highest BCUT2D eigenvalue weighted by Gasteiger charge is 2.10. The highest BCUT2D eigenvalue weighted by atomic mass is 79.9. The van der Waals surface area contributed by atoms with Gasteiger partial charge in [-0.1, -0.05) is 29.8 Å². The van der Waals surface area contributed by atoms with Crippen LogP contribution >= 0.6 is 15.9 Å². The summed E-state index contributed by atoms with van der Waals surface area (Å²) in [6.07, 6.45) is 0. The van der Waals surface area contributed by atoms with Crippen molar-refractivity contribution < 1.29 is 4.39 Å². The number of hydrogen-bond acceptors (Lipinski definition) is 2. The smallest absolute Gasteiger partial charge is 0.127 e. The molecule has 0 aliphatic rings. The molecule has 0 saturated heterocycles. The maximum atomic E-state index is 13.6. The highest BCUT2D eigenvalue weighted by Crippen LogP contribution is 2.17. The van der Waals surface area contributed by atoms with Gasteiger partial charge in [0.25, 0.3) is 0 Å². The van der Waals surface area contributed by atoms with E-state index < -0.39 is 0 Å². The molecule has 0 saturated carbocycles. The van der Waals surface area contributed by atoms with Gasteiger partial charge in [0, 0.05) is 36.2 Å². The van der Waals surface area contributed by atoms with Crippen LogP contribution in [-0.4, -0.2) is 24.5 Å². The zero-order chi connectivity index (χ0) is 12.8. The molecule has 96 valence electrons. The summed E-state index contributed by atoms with van der Waals surface area (Å²) >= 11 is 3.37. The van der Waals surface area contributed by atoms with Crippen LogP contribution in [0.2, 0.25) is 0 Å². The molecule has 0 fully saturated rings. The molecule has 4 heteroatoms. The number of rotatable bonds is 6. The van der Waals surface area contributed by atoms with E-state index in [9.17, 15) is 4.39 Å². The lowest BCUT2D eigenvalue weighted by atomic mass is 10.1. The summed E-state index contributed by atoms with van der Waals surface area (Å²) in [5, 5.41) is 0. The second-order valence-electron chi connectivity index (χ2n) is 4.65. The van der Waals surface area contributed by atoms with Gasteiger partial charge in [0.15, 0.2) is 0 Å². The Bertz CT molecular complexity index is 355. The van der Waals surface area contributed by atoms with E-state index in [1.807, 2.05) is 6.07 Å². The van der Waals surface area contributed by atoms with Gasteiger partial charge in [0.05, 0.1) is 0 Å². The Morgan fingerprint density at radius 3 is 2.71 bits per heavy atom. The van der Waals surface area contributed by atoms with Gasteiger partial charge in [-0.05, 0) is 24.1 Å². The fourth-order valence-corrected chi connectivity index (χ4v) is 2.25. The minimum Gasteiger partial charge on any atom is -0.329 e. The monoisotopic (exact) mass is 302 g/mol. The molecule has 0 bridgehead atoms. The van der Waals surface area contributed by atoms with E-state index in [1.165, 1.54) is 6.07 Å². The summed E-state index contributed by atoms with van der Waals surface area (Å²) in [6.45, 7) is 7.25. The maximum Gasteiger partial charge on any atom is 0.127 e. The molecule has 0 amide bonds. The van der Waals surface area contributed by atoms with Gasteiger partial charge in [-0.25, -0.2) is 4.39 Å². The molecular formula is C13H20BrFN2. The van der Waals surface area contributed by atoms with E-state index in [0.717, 1.165) is 17.6 Å². The minimum absolute atomic E-state index is 0.154. The second kappa shape index (κ2) is 7.09. The first-order chi connectivity index (χ1) is 8.02. The van der Waals surface area contributed by atoms with Gasteiger partial charge < -0.3 is 5.73 Å². The molecule has 0 aromatic heterocycles. The molecule has 0 heterocycles. The normalized spacial score (nSPS) is 11.5. The van der Waals surface area contributed by atoms with Crippen LogP contribution in [0.1, 0.15) is 19.4 Å². The SMILES string of the molecule is CC(C)CN(CCN)Cc1cc(Br)ccc1F. The van der Waals surface area contributed by atoms with Gasteiger partial charge in [0.1, 0.15) is 5.82 Å². The fraction of sp³-hybridized carbons (Fsp3) is 0.538. The Morgan fingerprint density at radius 2 is 2.12 bits per heavy atom. The van der Waals surface area contributed by atoms with Crippen LogP contribution in [0, 0.1) is 11.7 Å². The highest BCUT2D eigenvalue weighted by molar-refractivity contribution is 9.10. The molecule has 0 atom stereocenters. The standard InChI is InChI=1S/C13H20BrFN2/c1-10(2)8-17(6-5-16)9-11-7-12(14)3-4-13(11)15/h3-4,7,10H,5-6,8-9,16H2,1-2H3. The molecule has 2 N–H and O–H groups in total. The zero-order valence-electron chi connectivity index (χ0n) is 10.4. The van der Waals surface area contributed by atoms with E-state index in [4.69, 9.17) is 5.73 Å². The molecule has 0 aliphatic heterocycles. The van der Waals surface area contributed by atoms with E-state index in [2.05, 4.69) is 34.7 Å². The van der Waals surface area contributed by atoms with Crippen molar-refractivity contribution in [3.05, 3.63) is 34.1 Å². The number of nitrogens with two attached hydrogens (primary N) is 1. The Morgan fingerprint density at radius 1 is 1.41 bits per heavy atom. The van der Waals surface area contributed by atoms with Crippen LogP contribution in [0.4, 0.5) is 4.39 Å².